The van der Waals surface area contributed by atoms with Gasteiger partial charge in [0.15, 0.2) is 11.6 Å². The molecule has 0 aliphatic rings. The number of hydrogen-bond donors (Lipinski definition) is 3. The van der Waals surface area contributed by atoms with Gasteiger partial charge >= 0.3 is 0 Å². The zero-order chi connectivity index (χ0) is 22.1. The number of rotatable bonds is 12. The number of unbranched alkanes of at least 4 members (excludes halogenated alkanes) is 1. The number of nitrogens with one attached hydrogen (secondary N) is 1. The molecule has 0 saturated heterocycles. The summed E-state index contributed by atoms with van der Waals surface area (Å²) in [7, 11) is 0. The van der Waals surface area contributed by atoms with Gasteiger partial charge in [-0.2, -0.15) is 4.98 Å². The van der Waals surface area contributed by atoms with Crippen molar-refractivity contribution in [2.75, 3.05) is 17.7 Å². The summed E-state index contributed by atoms with van der Waals surface area (Å²) in [5.41, 5.74) is 7.95. The summed E-state index contributed by atoms with van der Waals surface area (Å²) in [4.78, 5) is 12.7. The largest absolute Gasteiger partial charge is 0.482 e. The number of anilines is 2. The lowest BCUT2D eigenvalue weighted by atomic mass is 10.1. The van der Waals surface area contributed by atoms with Crippen LogP contribution in [0.25, 0.3) is 0 Å². The van der Waals surface area contributed by atoms with E-state index in [0.29, 0.717) is 24.6 Å². The van der Waals surface area contributed by atoms with Gasteiger partial charge in [0.1, 0.15) is 6.61 Å². The van der Waals surface area contributed by atoms with E-state index in [-0.39, 0.29) is 24.6 Å². The fraction of sp³-hybridized carbons (Fsp3) is 0.435. The Bertz CT molecular complexity index is 931. The standard InChI is InChI=1S/C23H32N6O2/c1-3-4-10-19(11-12-30)27-22-21(14-26-23(24)28-22)31-15-20-13-25-16-29(20)17(2)18-8-6-5-7-9-18/h5-9,13-14,16-17,19,30H,3-4,10-12,15H2,1-2H3,(H3,24,26,27,28)/t17-,19-/m0/s1. The lowest BCUT2D eigenvalue weighted by Crippen LogP contribution is -2.22. The van der Waals surface area contributed by atoms with Crippen molar-refractivity contribution in [3.05, 3.63) is 60.3 Å². The van der Waals surface area contributed by atoms with Crippen LogP contribution in [0.3, 0.4) is 0 Å². The maximum atomic E-state index is 9.40. The molecule has 3 rings (SSSR count). The van der Waals surface area contributed by atoms with Gasteiger partial charge < -0.3 is 25.5 Å². The first-order valence-electron chi connectivity index (χ1n) is 10.8. The molecule has 0 radical (unpaired) electrons. The summed E-state index contributed by atoms with van der Waals surface area (Å²) in [6.07, 6.45) is 8.92. The molecule has 0 fully saturated rings. The topological polar surface area (TPSA) is 111 Å². The molecule has 4 N–H and O–H groups in total. The Balaban J connectivity index is 1.73. The molecule has 0 spiro atoms. The molecule has 0 unspecified atom stereocenters. The number of aliphatic hydroxyl groups is 1. The molecule has 0 bridgehead atoms. The van der Waals surface area contributed by atoms with E-state index in [1.165, 1.54) is 5.56 Å². The minimum absolute atomic E-state index is 0.0882. The van der Waals surface area contributed by atoms with Crippen LogP contribution in [0.5, 0.6) is 5.75 Å². The fourth-order valence-corrected chi connectivity index (χ4v) is 3.52. The number of aliphatic hydroxyl groups excluding tert-OH is 1. The van der Waals surface area contributed by atoms with Crippen LogP contribution in [0.15, 0.2) is 49.1 Å². The van der Waals surface area contributed by atoms with Crippen molar-refractivity contribution < 1.29 is 9.84 Å². The Morgan fingerprint density at radius 3 is 2.74 bits per heavy atom. The second-order valence-corrected chi connectivity index (χ2v) is 7.60. The number of aromatic nitrogens is 4. The van der Waals surface area contributed by atoms with Crippen LogP contribution in [-0.4, -0.2) is 37.3 Å². The average Bonchev–Trinajstić information content (AvgIpc) is 3.26. The Morgan fingerprint density at radius 1 is 1.19 bits per heavy atom. The Labute approximate surface area is 183 Å². The van der Waals surface area contributed by atoms with Crippen LogP contribution in [0.2, 0.25) is 0 Å². The van der Waals surface area contributed by atoms with E-state index in [1.54, 1.807) is 12.4 Å². The van der Waals surface area contributed by atoms with E-state index >= 15 is 0 Å². The van der Waals surface area contributed by atoms with Crippen molar-refractivity contribution in [1.82, 2.24) is 19.5 Å². The summed E-state index contributed by atoms with van der Waals surface area (Å²) in [6, 6.07) is 10.5. The maximum absolute atomic E-state index is 9.40. The number of hydrogen-bond acceptors (Lipinski definition) is 7. The first kappa shape index (κ1) is 22.6. The van der Waals surface area contributed by atoms with Gasteiger partial charge in [0, 0.05) is 12.6 Å². The van der Waals surface area contributed by atoms with Gasteiger partial charge in [0.25, 0.3) is 0 Å². The van der Waals surface area contributed by atoms with Gasteiger partial charge in [0.05, 0.1) is 30.5 Å². The number of nitrogens with zero attached hydrogens (tertiary/aromatic N) is 4. The number of nitrogens with two attached hydrogens (primary N) is 1. The Morgan fingerprint density at radius 2 is 2.00 bits per heavy atom. The van der Waals surface area contributed by atoms with E-state index < -0.39 is 0 Å². The summed E-state index contributed by atoms with van der Waals surface area (Å²) >= 11 is 0. The van der Waals surface area contributed by atoms with Gasteiger partial charge in [-0.05, 0) is 25.3 Å². The second-order valence-electron chi connectivity index (χ2n) is 7.60. The first-order valence-corrected chi connectivity index (χ1v) is 10.8. The molecule has 0 amide bonds. The number of ether oxygens (including phenoxy) is 1. The molecule has 1 aromatic carbocycles. The highest BCUT2D eigenvalue weighted by molar-refractivity contribution is 5.51. The van der Waals surface area contributed by atoms with Crippen LogP contribution < -0.4 is 15.8 Å². The van der Waals surface area contributed by atoms with Crippen LogP contribution >= 0.6 is 0 Å². The van der Waals surface area contributed by atoms with E-state index in [2.05, 4.69) is 50.8 Å². The lowest BCUT2D eigenvalue weighted by molar-refractivity contribution is 0.274. The van der Waals surface area contributed by atoms with E-state index in [4.69, 9.17) is 10.5 Å². The van der Waals surface area contributed by atoms with Crippen molar-refractivity contribution in [2.45, 2.75) is 58.2 Å². The summed E-state index contributed by atoms with van der Waals surface area (Å²) < 4.78 is 8.17. The molecule has 0 aliphatic carbocycles. The minimum atomic E-state index is 0.0882. The molecule has 8 heteroatoms. The molecule has 31 heavy (non-hydrogen) atoms. The van der Waals surface area contributed by atoms with Crippen LogP contribution in [0, 0.1) is 0 Å². The molecule has 2 aromatic heterocycles. The van der Waals surface area contributed by atoms with Gasteiger partial charge in [-0.15, -0.1) is 0 Å². The molecule has 3 aromatic rings. The highest BCUT2D eigenvalue weighted by atomic mass is 16.5. The highest BCUT2D eigenvalue weighted by Crippen LogP contribution is 2.26. The first-order chi connectivity index (χ1) is 15.1. The van der Waals surface area contributed by atoms with Gasteiger partial charge in [-0.25, -0.2) is 9.97 Å². The number of benzene rings is 1. The SMILES string of the molecule is CCCC[C@@H](CCO)Nc1nc(N)ncc1OCc1cncn1[C@@H](C)c1ccccc1. The van der Waals surface area contributed by atoms with Crippen molar-refractivity contribution >= 4 is 11.8 Å². The quantitative estimate of drug-likeness (QED) is 0.405. The number of nitrogen functional groups attached to an aromatic ring is 1. The smallest absolute Gasteiger partial charge is 0.222 e. The van der Waals surface area contributed by atoms with E-state index in [1.807, 2.05) is 24.5 Å². The van der Waals surface area contributed by atoms with Crippen LogP contribution in [0.4, 0.5) is 11.8 Å². The summed E-state index contributed by atoms with van der Waals surface area (Å²) in [5.74, 6) is 1.24. The molecule has 2 heterocycles. The average molecular weight is 425 g/mol. The predicted molar refractivity (Wildman–Crippen MR) is 122 cm³/mol. The van der Waals surface area contributed by atoms with Crippen LogP contribution in [-0.2, 0) is 6.61 Å². The van der Waals surface area contributed by atoms with Crippen molar-refractivity contribution in [3.63, 3.8) is 0 Å². The third-order valence-corrected chi connectivity index (χ3v) is 5.32. The predicted octanol–water partition coefficient (Wildman–Crippen LogP) is 3.80. The second kappa shape index (κ2) is 11.3. The van der Waals surface area contributed by atoms with Crippen molar-refractivity contribution in [1.29, 1.82) is 0 Å². The molecule has 0 saturated carbocycles. The van der Waals surface area contributed by atoms with Gasteiger partial charge in [-0.1, -0.05) is 50.1 Å². The van der Waals surface area contributed by atoms with Gasteiger partial charge in [-0.3, -0.25) is 0 Å². The summed E-state index contributed by atoms with van der Waals surface area (Å²) in [6.45, 7) is 4.70. The normalized spacial score (nSPS) is 13.0. The Hall–Kier alpha value is -3.13. The minimum Gasteiger partial charge on any atom is -0.482 e. The van der Waals surface area contributed by atoms with Crippen LogP contribution in [0.1, 0.15) is 56.8 Å². The van der Waals surface area contributed by atoms with Crippen molar-refractivity contribution in [2.24, 2.45) is 0 Å². The third-order valence-electron chi connectivity index (χ3n) is 5.32. The third kappa shape index (κ3) is 6.18. The molecule has 0 aliphatic heterocycles. The lowest BCUT2D eigenvalue weighted by Gasteiger charge is -2.21. The number of imidazole rings is 1. The molecular weight excluding hydrogens is 392 g/mol. The fourth-order valence-electron chi connectivity index (χ4n) is 3.52. The maximum Gasteiger partial charge on any atom is 0.222 e. The van der Waals surface area contributed by atoms with Crippen molar-refractivity contribution in [3.8, 4) is 5.75 Å². The zero-order valence-electron chi connectivity index (χ0n) is 18.2. The van der Waals surface area contributed by atoms with E-state index in [9.17, 15) is 5.11 Å². The molecular formula is C23H32N6O2. The zero-order valence-corrected chi connectivity index (χ0v) is 18.2. The monoisotopic (exact) mass is 424 g/mol. The van der Waals surface area contributed by atoms with E-state index in [0.717, 1.165) is 25.0 Å². The molecule has 2 atom stereocenters. The highest BCUT2D eigenvalue weighted by Gasteiger charge is 2.16. The molecule has 166 valence electrons. The van der Waals surface area contributed by atoms with Gasteiger partial charge in [0.2, 0.25) is 5.95 Å². The summed E-state index contributed by atoms with van der Waals surface area (Å²) in [5, 5.41) is 12.8. The Kier molecular flexibility index (Phi) is 8.23. The molecule has 8 nitrogen and oxygen atoms in total.